The van der Waals surface area contributed by atoms with Crippen LogP contribution in [-0.2, 0) is 6.54 Å². The summed E-state index contributed by atoms with van der Waals surface area (Å²) in [5, 5.41) is 8.67. The van der Waals surface area contributed by atoms with Crippen LogP contribution in [0, 0.1) is 0 Å². The molecule has 0 saturated heterocycles. The number of halogens is 1. The Morgan fingerprint density at radius 2 is 2.38 bits per heavy atom. The zero-order valence-electron chi connectivity index (χ0n) is 7.57. The van der Waals surface area contributed by atoms with E-state index in [-0.39, 0.29) is 12.4 Å². The second-order valence-electron chi connectivity index (χ2n) is 2.59. The van der Waals surface area contributed by atoms with E-state index in [9.17, 15) is 0 Å². The van der Waals surface area contributed by atoms with E-state index in [1.54, 1.807) is 11.3 Å². The lowest BCUT2D eigenvalue weighted by Gasteiger charge is -1.91. The van der Waals surface area contributed by atoms with E-state index < -0.39 is 0 Å². The number of nitrogens with one attached hydrogen (secondary N) is 1. The molecule has 72 valence electrons. The first-order valence-corrected chi connectivity index (χ1v) is 4.80. The lowest BCUT2D eigenvalue weighted by molar-refractivity contribution is 0.668. The van der Waals surface area contributed by atoms with E-state index in [0.717, 1.165) is 12.1 Å². The molecule has 2 aromatic rings. The number of rotatable bonds is 2. The largest absolute Gasteiger partial charge is 0.380 e. The van der Waals surface area contributed by atoms with Crippen molar-refractivity contribution in [3.63, 3.8) is 0 Å². The van der Waals surface area contributed by atoms with E-state index in [4.69, 9.17) is 0 Å². The van der Waals surface area contributed by atoms with E-state index in [1.165, 1.54) is 9.70 Å². The summed E-state index contributed by atoms with van der Waals surface area (Å²) in [5.74, 6) is 0. The van der Waals surface area contributed by atoms with Crippen LogP contribution in [0.4, 0.5) is 5.00 Å². The van der Waals surface area contributed by atoms with Crippen LogP contribution in [0.15, 0.2) is 12.3 Å². The summed E-state index contributed by atoms with van der Waals surface area (Å²) >= 11 is 1.74. The van der Waals surface area contributed by atoms with Crippen LogP contribution in [0.3, 0.4) is 0 Å². The molecule has 0 spiro atoms. The van der Waals surface area contributed by atoms with Crippen LogP contribution in [0.1, 0.15) is 6.92 Å². The van der Waals surface area contributed by atoms with E-state index in [1.807, 2.05) is 11.7 Å². The first-order chi connectivity index (χ1) is 5.83. The molecule has 0 saturated carbocycles. The van der Waals surface area contributed by atoms with Crippen molar-refractivity contribution < 1.29 is 0 Å². The van der Waals surface area contributed by atoms with Gasteiger partial charge in [-0.25, -0.2) is 0 Å². The quantitative estimate of drug-likeness (QED) is 0.838. The van der Waals surface area contributed by atoms with Crippen LogP contribution in [0.5, 0.6) is 0 Å². The van der Waals surface area contributed by atoms with E-state index in [2.05, 4.69) is 29.6 Å². The monoisotopic (exact) mass is 217 g/mol. The molecule has 0 unspecified atom stereocenters. The van der Waals surface area contributed by atoms with E-state index in [0.29, 0.717) is 0 Å². The van der Waals surface area contributed by atoms with Gasteiger partial charge in [-0.2, -0.15) is 5.10 Å². The third kappa shape index (κ3) is 1.78. The maximum absolute atomic E-state index is 4.39. The average Bonchev–Trinajstić information content (AvgIpc) is 2.59. The fraction of sp³-hybridized carbons (Fsp3) is 0.375. The standard InChI is InChI=1S/C8H11N3S.ClH/c1-3-11-5-7-6(10-11)4-8(9-2)12-7;/h4-5,9H,3H2,1-2H3;1H. The molecule has 0 atom stereocenters. The van der Waals surface area contributed by atoms with Crippen molar-refractivity contribution in [2.45, 2.75) is 13.5 Å². The molecule has 0 bridgehead atoms. The second-order valence-corrected chi connectivity index (χ2v) is 3.68. The average molecular weight is 218 g/mol. The van der Waals surface area contributed by atoms with Crippen molar-refractivity contribution in [1.82, 2.24) is 9.78 Å². The Morgan fingerprint density at radius 3 is 2.92 bits per heavy atom. The smallest absolute Gasteiger partial charge is 0.105 e. The SMILES string of the molecule is CCn1cc2sc(NC)cc2n1.Cl. The maximum atomic E-state index is 4.39. The molecular weight excluding hydrogens is 206 g/mol. The van der Waals surface area contributed by atoms with Gasteiger partial charge in [-0.05, 0) is 6.92 Å². The summed E-state index contributed by atoms with van der Waals surface area (Å²) in [6, 6.07) is 2.08. The number of nitrogens with zero attached hydrogens (tertiary/aromatic N) is 2. The summed E-state index contributed by atoms with van der Waals surface area (Å²) in [6.07, 6.45) is 2.08. The van der Waals surface area contributed by atoms with Crippen molar-refractivity contribution in [2.75, 3.05) is 12.4 Å². The molecule has 2 aromatic heterocycles. The Kier molecular flexibility index (Phi) is 3.17. The molecule has 0 fully saturated rings. The zero-order valence-corrected chi connectivity index (χ0v) is 9.21. The van der Waals surface area contributed by atoms with Gasteiger partial charge in [0.15, 0.2) is 0 Å². The van der Waals surface area contributed by atoms with Gasteiger partial charge in [0.2, 0.25) is 0 Å². The van der Waals surface area contributed by atoms with Gasteiger partial charge in [0.05, 0.1) is 9.70 Å². The number of hydrogen-bond donors (Lipinski definition) is 1. The summed E-state index contributed by atoms with van der Waals surface area (Å²) in [7, 11) is 1.93. The fourth-order valence-corrected chi connectivity index (χ4v) is 2.04. The molecule has 0 amide bonds. The Balaban J connectivity index is 0.000000845. The van der Waals surface area contributed by atoms with Gasteiger partial charge in [0.1, 0.15) is 5.52 Å². The molecule has 2 rings (SSSR count). The highest BCUT2D eigenvalue weighted by Gasteiger charge is 2.03. The summed E-state index contributed by atoms with van der Waals surface area (Å²) < 4.78 is 3.21. The number of aryl methyl sites for hydroxylation is 1. The van der Waals surface area contributed by atoms with Gasteiger partial charge >= 0.3 is 0 Å². The summed E-state index contributed by atoms with van der Waals surface area (Å²) in [5.41, 5.74) is 1.09. The van der Waals surface area contributed by atoms with Gasteiger partial charge in [-0.1, -0.05) is 0 Å². The summed E-state index contributed by atoms with van der Waals surface area (Å²) in [6.45, 7) is 3.03. The van der Waals surface area contributed by atoms with Crippen molar-refractivity contribution >= 4 is 39.0 Å². The Hall–Kier alpha value is -0.740. The van der Waals surface area contributed by atoms with Crippen LogP contribution >= 0.6 is 23.7 Å². The van der Waals surface area contributed by atoms with Crippen LogP contribution in [-0.4, -0.2) is 16.8 Å². The Bertz CT molecular complexity index is 328. The van der Waals surface area contributed by atoms with Crippen LogP contribution in [0.25, 0.3) is 10.2 Å². The van der Waals surface area contributed by atoms with Crippen LogP contribution in [0.2, 0.25) is 0 Å². The zero-order chi connectivity index (χ0) is 8.55. The number of thiophene rings is 1. The fourth-order valence-electron chi connectivity index (χ4n) is 1.15. The molecule has 3 nitrogen and oxygen atoms in total. The molecule has 1 N–H and O–H groups in total. The Morgan fingerprint density at radius 1 is 1.62 bits per heavy atom. The lowest BCUT2D eigenvalue weighted by atomic mass is 10.5. The molecule has 0 aliphatic rings. The predicted molar refractivity (Wildman–Crippen MR) is 60.1 cm³/mol. The molecule has 13 heavy (non-hydrogen) atoms. The van der Waals surface area contributed by atoms with Gasteiger partial charge in [0, 0.05) is 25.9 Å². The highest BCUT2D eigenvalue weighted by Crippen LogP contribution is 2.27. The number of aromatic nitrogens is 2. The van der Waals surface area contributed by atoms with Crippen molar-refractivity contribution in [1.29, 1.82) is 0 Å². The molecule has 0 aliphatic carbocycles. The van der Waals surface area contributed by atoms with Crippen molar-refractivity contribution in [3.05, 3.63) is 12.3 Å². The first-order valence-electron chi connectivity index (χ1n) is 3.98. The number of hydrogen-bond acceptors (Lipinski definition) is 3. The molecule has 0 aromatic carbocycles. The highest BCUT2D eigenvalue weighted by atomic mass is 35.5. The molecule has 0 radical (unpaired) electrons. The predicted octanol–water partition coefficient (Wildman–Crippen LogP) is 2.58. The number of fused-ring (bicyclic) bond motifs is 1. The minimum absolute atomic E-state index is 0. The topological polar surface area (TPSA) is 29.9 Å². The molecular formula is C8H12ClN3S. The molecule has 0 aliphatic heterocycles. The Labute approximate surface area is 87.2 Å². The maximum Gasteiger partial charge on any atom is 0.105 e. The van der Waals surface area contributed by atoms with Gasteiger partial charge in [-0.15, -0.1) is 23.7 Å². The van der Waals surface area contributed by atoms with Gasteiger partial charge < -0.3 is 5.32 Å². The lowest BCUT2D eigenvalue weighted by Crippen LogP contribution is -1.92. The van der Waals surface area contributed by atoms with Crippen LogP contribution < -0.4 is 5.32 Å². The van der Waals surface area contributed by atoms with Gasteiger partial charge in [0.25, 0.3) is 0 Å². The van der Waals surface area contributed by atoms with Gasteiger partial charge in [-0.3, -0.25) is 4.68 Å². The summed E-state index contributed by atoms with van der Waals surface area (Å²) in [4.78, 5) is 0. The van der Waals surface area contributed by atoms with Crippen molar-refractivity contribution in [2.24, 2.45) is 0 Å². The minimum Gasteiger partial charge on any atom is -0.380 e. The van der Waals surface area contributed by atoms with E-state index >= 15 is 0 Å². The number of anilines is 1. The first kappa shape index (κ1) is 10.3. The highest BCUT2D eigenvalue weighted by molar-refractivity contribution is 7.22. The normalized spacial score (nSPS) is 10.0. The van der Waals surface area contributed by atoms with Crippen molar-refractivity contribution in [3.8, 4) is 0 Å². The molecule has 2 heterocycles. The third-order valence-electron chi connectivity index (χ3n) is 1.81. The minimum atomic E-state index is 0. The molecule has 5 heteroatoms. The third-order valence-corrected chi connectivity index (χ3v) is 2.89. The second kappa shape index (κ2) is 3.98.